The van der Waals surface area contributed by atoms with Crippen molar-refractivity contribution in [3.05, 3.63) is 0 Å². The average Bonchev–Trinajstić information content (AvgIpc) is 2.84. The summed E-state index contributed by atoms with van der Waals surface area (Å²) < 4.78 is 10.5. The Hall–Kier alpha value is -1.14. The largest absolute Gasteiger partial charge is 0.481 e. The SMILES string of the molecule is O=C(O)[C@@H]1C[C@H]2CCO[C@H]21.O=C(O)[C@H]1C[C@@H]2CCO[C@@H]21. The topological polar surface area (TPSA) is 93.1 Å². The molecule has 0 amide bonds. The van der Waals surface area contributed by atoms with Gasteiger partial charge >= 0.3 is 11.9 Å². The van der Waals surface area contributed by atoms with E-state index in [4.69, 9.17) is 19.7 Å². The van der Waals surface area contributed by atoms with Crippen molar-refractivity contribution in [3.63, 3.8) is 0 Å². The standard InChI is InChI=1S/2C7H10O3/c2*8-7(9)5-3-4-1-2-10-6(4)5/h2*4-6H,1-3H2,(H,8,9)/t2*4-,5-,6-/m10/s1. The minimum atomic E-state index is -0.692. The van der Waals surface area contributed by atoms with Crippen molar-refractivity contribution >= 4 is 11.9 Å². The van der Waals surface area contributed by atoms with Crippen LogP contribution in [-0.4, -0.2) is 47.6 Å². The van der Waals surface area contributed by atoms with Gasteiger partial charge in [0.25, 0.3) is 0 Å². The third-order valence-corrected chi connectivity index (χ3v) is 5.07. The molecule has 0 radical (unpaired) electrons. The van der Waals surface area contributed by atoms with Gasteiger partial charge in [0.1, 0.15) is 0 Å². The van der Waals surface area contributed by atoms with Crippen molar-refractivity contribution < 1.29 is 29.3 Å². The Labute approximate surface area is 117 Å². The van der Waals surface area contributed by atoms with Gasteiger partial charge < -0.3 is 19.7 Å². The van der Waals surface area contributed by atoms with Gasteiger partial charge in [-0.15, -0.1) is 0 Å². The minimum absolute atomic E-state index is 0.0532. The zero-order chi connectivity index (χ0) is 14.3. The van der Waals surface area contributed by atoms with Crippen LogP contribution in [0.15, 0.2) is 0 Å². The molecule has 0 unspecified atom stereocenters. The van der Waals surface area contributed by atoms with Crippen LogP contribution in [-0.2, 0) is 19.1 Å². The Balaban J connectivity index is 0.000000121. The lowest BCUT2D eigenvalue weighted by Gasteiger charge is -2.35. The van der Waals surface area contributed by atoms with Crippen molar-refractivity contribution in [3.8, 4) is 0 Å². The first kappa shape index (κ1) is 13.8. The third-order valence-electron chi connectivity index (χ3n) is 5.07. The summed E-state index contributed by atoms with van der Waals surface area (Å²) >= 11 is 0. The Morgan fingerprint density at radius 3 is 1.50 bits per heavy atom. The number of rotatable bonds is 2. The maximum atomic E-state index is 10.4. The first-order chi connectivity index (χ1) is 9.58. The highest BCUT2D eigenvalue weighted by molar-refractivity contribution is 5.72. The highest BCUT2D eigenvalue weighted by Crippen LogP contribution is 2.43. The molecule has 2 aliphatic carbocycles. The molecule has 0 bridgehead atoms. The number of carbonyl (C=O) groups is 2. The van der Waals surface area contributed by atoms with E-state index in [-0.39, 0.29) is 24.0 Å². The highest BCUT2D eigenvalue weighted by atomic mass is 16.5. The lowest BCUT2D eigenvalue weighted by molar-refractivity contribution is -0.156. The van der Waals surface area contributed by atoms with Gasteiger partial charge in [-0.1, -0.05) is 0 Å². The van der Waals surface area contributed by atoms with Gasteiger partial charge in [-0.05, 0) is 37.5 Å². The molecule has 2 saturated heterocycles. The predicted molar refractivity (Wildman–Crippen MR) is 67.2 cm³/mol. The van der Waals surface area contributed by atoms with E-state index in [0.29, 0.717) is 11.8 Å². The highest BCUT2D eigenvalue weighted by Gasteiger charge is 2.49. The Morgan fingerprint density at radius 1 is 0.800 bits per heavy atom. The molecule has 0 aromatic rings. The molecular formula is C14H20O6. The summed E-state index contributed by atoms with van der Waals surface area (Å²) in [6.45, 7) is 1.53. The summed E-state index contributed by atoms with van der Waals surface area (Å²) in [5.41, 5.74) is 0. The number of carboxylic acid groups (broad SMARTS) is 2. The van der Waals surface area contributed by atoms with E-state index in [1.165, 1.54) is 0 Å². The lowest BCUT2D eigenvalue weighted by Crippen LogP contribution is -2.43. The molecule has 0 aromatic carbocycles. The summed E-state index contributed by atoms with van der Waals surface area (Å²) in [5.74, 6) is -0.673. The number of ether oxygens (including phenoxy) is 2. The second kappa shape index (κ2) is 5.33. The quantitative estimate of drug-likeness (QED) is 0.785. The molecule has 4 rings (SSSR count). The van der Waals surface area contributed by atoms with Crippen LogP contribution < -0.4 is 0 Å². The second-order valence-electron chi connectivity index (χ2n) is 6.13. The normalized spacial score (nSPS) is 44.2. The second-order valence-corrected chi connectivity index (χ2v) is 6.13. The number of aliphatic carboxylic acids is 2. The van der Waals surface area contributed by atoms with E-state index in [9.17, 15) is 9.59 Å². The molecule has 2 saturated carbocycles. The fourth-order valence-corrected chi connectivity index (χ4v) is 3.72. The minimum Gasteiger partial charge on any atom is -0.481 e. The first-order valence-electron chi connectivity index (χ1n) is 7.26. The Bertz CT molecular complexity index is 370. The molecule has 4 aliphatic rings. The summed E-state index contributed by atoms with van der Waals surface area (Å²) in [5, 5.41) is 17.2. The van der Waals surface area contributed by atoms with Gasteiger partial charge in [-0.2, -0.15) is 0 Å². The average molecular weight is 284 g/mol. The summed E-state index contributed by atoms with van der Waals surface area (Å²) in [6, 6.07) is 0. The Kier molecular flexibility index (Phi) is 3.69. The predicted octanol–water partition coefficient (Wildman–Crippen LogP) is 0.992. The molecule has 2 aliphatic heterocycles. The maximum absolute atomic E-state index is 10.4. The van der Waals surface area contributed by atoms with Crippen LogP contribution in [0.5, 0.6) is 0 Å². The maximum Gasteiger partial charge on any atom is 0.309 e. The monoisotopic (exact) mass is 284 g/mol. The van der Waals surface area contributed by atoms with E-state index in [2.05, 4.69) is 0 Å². The van der Waals surface area contributed by atoms with E-state index in [1.807, 2.05) is 0 Å². The summed E-state index contributed by atoms with van der Waals surface area (Å²) in [6.07, 6.45) is 3.90. The summed E-state index contributed by atoms with van der Waals surface area (Å²) in [4.78, 5) is 20.9. The van der Waals surface area contributed by atoms with Crippen molar-refractivity contribution in [1.82, 2.24) is 0 Å². The van der Waals surface area contributed by atoms with Crippen LogP contribution in [0.3, 0.4) is 0 Å². The molecule has 6 atom stereocenters. The van der Waals surface area contributed by atoms with E-state index >= 15 is 0 Å². The molecule has 2 N–H and O–H groups in total. The van der Waals surface area contributed by atoms with Gasteiger partial charge in [-0.3, -0.25) is 9.59 Å². The number of fused-ring (bicyclic) bond motifs is 2. The molecule has 6 nitrogen and oxygen atoms in total. The van der Waals surface area contributed by atoms with Crippen molar-refractivity contribution in [2.24, 2.45) is 23.7 Å². The van der Waals surface area contributed by atoms with E-state index in [0.717, 1.165) is 38.9 Å². The lowest BCUT2D eigenvalue weighted by atomic mass is 9.72. The summed E-state index contributed by atoms with van der Waals surface area (Å²) in [7, 11) is 0. The van der Waals surface area contributed by atoms with E-state index in [1.54, 1.807) is 0 Å². The van der Waals surface area contributed by atoms with Gasteiger partial charge in [0, 0.05) is 13.2 Å². The van der Waals surface area contributed by atoms with Gasteiger partial charge in [0.15, 0.2) is 0 Å². The Morgan fingerprint density at radius 2 is 1.20 bits per heavy atom. The van der Waals surface area contributed by atoms with Crippen LogP contribution in [0.2, 0.25) is 0 Å². The third kappa shape index (κ3) is 2.31. The number of hydrogen-bond acceptors (Lipinski definition) is 4. The first-order valence-corrected chi connectivity index (χ1v) is 7.26. The van der Waals surface area contributed by atoms with Crippen LogP contribution >= 0.6 is 0 Å². The smallest absolute Gasteiger partial charge is 0.309 e. The van der Waals surface area contributed by atoms with Crippen LogP contribution in [0, 0.1) is 23.7 Å². The zero-order valence-electron chi connectivity index (χ0n) is 11.2. The number of carboxylic acids is 2. The van der Waals surface area contributed by atoms with Crippen molar-refractivity contribution in [1.29, 1.82) is 0 Å². The molecular weight excluding hydrogens is 264 g/mol. The molecule has 20 heavy (non-hydrogen) atoms. The molecule has 0 spiro atoms. The van der Waals surface area contributed by atoms with E-state index < -0.39 is 11.9 Å². The van der Waals surface area contributed by atoms with Crippen molar-refractivity contribution in [2.75, 3.05) is 13.2 Å². The molecule has 6 heteroatoms. The number of hydrogen-bond donors (Lipinski definition) is 2. The molecule has 4 fully saturated rings. The van der Waals surface area contributed by atoms with Crippen LogP contribution in [0.4, 0.5) is 0 Å². The van der Waals surface area contributed by atoms with Crippen LogP contribution in [0.25, 0.3) is 0 Å². The molecule has 2 heterocycles. The molecule has 0 aromatic heterocycles. The molecule has 112 valence electrons. The van der Waals surface area contributed by atoms with Gasteiger partial charge in [0.05, 0.1) is 24.0 Å². The van der Waals surface area contributed by atoms with Crippen LogP contribution in [0.1, 0.15) is 25.7 Å². The van der Waals surface area contributed by atoms with Crippen molar-refractivity contribution in [2.45, 2.75) is 37.9 Å². The zero-order valence-corrected chi connectivity index (χ0v) is 11.2. The fraction of sp³-hybridized carbons (Fsp3) is 0.857. The van der Waals surface area contributed by atoms with Gasteiger partial charge in [-0.25, -0.2) is 0 Å². The fourth-order valence-electron chi connectivity index (χ4n) is 3.72. The van der Waals surface area contributed by atoms with Gasteiger partial charge in [0.2, 0.25) is 0 Å².